The first kappa shape index (κ1) is 23.1. The van der Waals surface area contributed by atoms with Gasteiger partial charge in [0.05, 0.1) is 11.9 Å². The van der Waals surface area contributed by atoms with Gasteiger partial charge in [0.2, 0.25) is 0 Å². The molecule has 0 spiro atoms. The van der Waals surface area contributed by atoms with Crippen molar-refractivity contribution in [3.05, 3.63) is 83.6 Å². The maximum absolute atomic E-state index is 12.0. The summed E-state index contributed by atoms with van der Waals surface area (Å²) in [7, 11) is 0. The molecule has 0 radical (unpaired) electrons. The molecule has 1 N–H and O–H groups in total. The highest BCUT2D eigenvalue weighted by Crippen LogP contribution is 2.24. The van der Waals surface area contributed by atoms with Crippen LogP contribution >= 0.6 is 0 Å². The molecule has 33 heavy (non-hydrogen) atoms. The van der Waals surface area contributed by atoms with Gasteiger partial charge < -0.3 is 9.84 Å². The number of carbonyl (C=O) groups is 1. The Balaban J connectivity index is 1.25. The normalized spacial score (nSPS) is 14.3. The van der Waals surface area contributed by atoms with E-state index in [-0.39, 0.29) is 18.5 Å². The molecule has 0 bridgehead atoms. The molecule has 1 saturated heterocycles. The number of ether oxygens (including phenoxy) is 1. The molecule has 4 rings (SSSR count). The summed E-state index contributed by atoms with van der Waals surface area (Å²) in [5.74, 6) is 1.39. The van der Waals surface area contributed by atoms with E-state index in [2.05, 4.69) is 48.0 Å². The Kier molecular flexibility index (Phi) is 7.53. The lowest BCUT2D eigenvalue weighted by Gasteiger charge is -2.39. The number of aliphatic hydroxyl groups excluding tert-OH is 1. The third-order valence-corrected chi connectivity index (χ3v) is 6.08. The summed E-state index contributed by atoms with van der Waals surface area (Å²) in [5.41, 5.74) is 5.18. The maximum Gasteiger partial charge on any atom is 0.162 e. The Bertz CT molecular complexity index is 1040. The van der Waals surface area contributed by atoms with Gasteiger partial charge in [-0.05, 0) is 35.6 Å². The Hall–Kier alpha value is -3.02. The Morgan fingerprint density at radius 1 is 1.06 bits per heavy atom. The highest BCUT2D eigenvalue weighted by molar-refractivity contribution is 5.96. The van der Waals surface area contributed by atoms with Crippen LogP contribution in [0, 0.1) is 0 Å². The predicted octanol–water partition coefficient (Wildman–Crippen LogP) is 5.09. The van der Waals surface area contributed by atoms with Crippen LogP contribution in [0.15, 0.2) is 66.9 Å². The van der Waals surface area contributed by atoms with E-state index >= 15 is 0 Å². The number of nitrogens with zero attached hydrogens (tertiary/aromatic N) is 2. The minimum atomic E-state index is 0.0350. The van der Waals surface area contributed by atoms with Crippen LogP contribution in [0.1, 0.15) is 54.1 Å². The molecule has 0 saturated carbocycles. The van der Waals surface area contributed by atoms with Crippen molar-refractivity contribution in [2.24, 2.45) is 0 Å². The van der Waals surface area contributed by atoms with Crippen LogP contribution in [0.2, 0.25) is 0 Å². The number of hydrogen-bond acceptors (Lipinski definition) is 5. The van der Waals surface area contributed by atoms with E-state index in [4.69, 9.17) is 9.84 Å². The molecule has 0 amide bonds. The number of ketones is 1. The Morgan fingerprint density at radius 2 is 1.79 bits per heavy atom. The zero-order chi connectivity index (χ0) is 23.2. The molecule has 1 fully saturated rings. The summed E-state index contributed by atoms with van der Waals surface area (Å²) in [4.78, 5) is 19.0. The van der Waals surface area contributed by atoms with E-state index in [1.165, 1.54) is 11.1 Å². The summed E-state index contributed by atoms with van der Waals surface area (Å²) < 4.78 is 6.08. The third kappa shape index (κ3) is 6.06. The second kappa shape index (κ2) is 10.7. The lowest BCUT2D eigenvalue weighted by molar-refractivity contribution is 0.0144. The molecule has 0 unspecified atom stereocenters. The van der Waals surface area contributed by atoms with Crippen LogP contribution < -0.4 is 4.74 Å². The van der Waals surface area contributed by atoms with E-state index < -0.39 is 0 Å². The van der Waals surface area contributed by atoms with E-state index in [0.29, 0.717) is 24.3 Å². The predicted molar refractivity (Wildman–Crippen MR) is 131 cm³/mol. The molecule has 5 heteroatoms. The summed E-state index contributed by atoms with van der Waals surface area (Å²) >= 11 is 0. The molecule has 1 aliphatic rings. The van der Waals surface area contributed by atoms with Crippen molar-refractivity contribution < 1.29 is 14.6 Å². The molecule has 2 heterocycles. The van der Waals surface area contributed by atoms with Crippen LogP contribution in [0.5, 0.6) is 5.75 Å². The number of hydrogen-bond donors (Lipinski definition) is 1. The van der Waals surface area contributed by atoms with Gasteiger partial charge in [-0.1, -0.05) is 62.4 Å². The molecule has 1 aliphatic heterocycles. The fourth-order valence-corrected chi connectivity index (χ4v) is 4.02. The van der Waals surface area contributed by atoms with Crippen molar-refractivity contribution >= 4 is 5.78 Å². The van der Waals surface area contributed by atoms with Gasteiger partial charge in [0, 0.05) is 43.8 Å². The van der Waals surface area contributed by atoms with Crippen molar-refractivity contribution in [2.45, 2.75) is 45.3 Å². The van der Waals surface area contributed by atoms with Gasteiger partial charge in [0.25, 0.3) is 0 Å². The number of rotatable bonds is 10. The molecule has 3 aromatic rings. The van der Waals surface area contributed by atoms with Gasteiger partial charge in [0.1, 0.15) is 11.9 Å². The first-order valence-corrected chi connectivity index (χ1v) is 11.7. The monoisotopic (exact) mass is 444 g/mol. The standard InChI is InChI=1S/C28H32N2O3/c1-20(2)22-7-5-21(6-8-22)17-30-18-26(19-30)33-25-13-14-27(29-16-25)23-9-11-24(12-10-23)28(32)4-3-15-31/h5-14,16,20,26,31H,3-4,15,17-19H2,1-2H3. The second-order valence-corrected chi connectivity index (χ2v) is 9.04. The Morgan fingerprint density at radius 3 is 2.39 bits per heavy atom. The zero-order valence-corrected chi connectivity index (χ0v) is 19.4. The summed E-state index contributed by atoms with van der Waals surface area (Å²) in [6.45, 7) is 7.25. The maximum atomic E-state index is 12.0. The Labute approximate surface area is 196 Å². The molecule has 5 nitrogen and oxygen atoms in total. The molecule has 1 aromatic heterocycles. The van der Waals surface area contributed by atoms with Crippen molar-refractivity contribution in [2.75, 3.05) is 19.7 Å². The van der Waals surface area contributed by atoms with Gasteiger partial charge >= 0.3 is 0 Å². The average Bonchev–Trinajstić information content (AvgIpc) is 2.82. The number of likely N-dealkylation sites (tertiary alicyclic amines) is 1. The first-order valence-electron chi connectivity index (χ1n) is 11.7. The fourth-order valence-electron chi connectivity index (χ4n) is 4.02. The number of carbonyl (C=O) groups excluding carboxylic acids is 1. The van der Waals surface area contributed by atoms with Gasteiger partial charge in [-0.25, -0.2) is 0 Å². The quantitative estimate of drug-likeness (QED) is 0.441. The van der Waals surface area contributed by atoms with Crippen LogP contribution in [0.3, 0.4) is 0 Å². The smallest absolute Gasteiger partial charge is 0.162 e. The molecule has 2 aromatic carbocycles. The summed E-state index contributed by atoms with van der Waals surface area (Å²) in [6.07, 6.45) is 2.82. The minimum absolute atomic E-state index is 0.0350. The van der Waals surface area contributed by atoms with Gasteiger partial charge in [-0.3, -0.25) is 14.7 Å². The lowest BCUT2D eigenvalue weighted by atomic mass is 10.0. The van der Waals surface area contributed by atoms with Gasteiger partial charge in [-0.2, -0.15) is 0 Å². The second-order valence-electron chi connectivity index (χ2n) is 9.04. The van der Waals surface area contributed by atoms with Crippen molar-refractivity contribution in [1.29, 1.82) is 0 Å². The minimum Gasteiger partial charge on any atom is -0.486 e. The number of aliphatic hydroxyl groups is 1. The summed E-state index contributed by atoms with van der Waals surface area (Å²) in [6, 6.07) is 20.3. The van der Waals surface area contributed by atoms with E-state index in [9.17, 15) is 4.79 Å². The third-order valence-electron chi connectivity index (χ3n) is 6.08. The molecule has 0 aliphatic carbocycles. The number of aromatic nitrogens is 1. The van der Waals surface area contributed by atoms with Gasteiger partial charge in [0.15, 0.2) is 5.78 Å². The zero-order valence-electron chi connectivity index (χ0n) is 19.4. The van der Waals surface area contributed by atoms with E-state index in [1.54, 1.807) is 6.20 Å². The van der Waals surface area contributed by atoms with Crippen molar-refractivity contribution in [1.82, 2.24) is 9.88 Å². The molecule has 0 atom stereocenters. The summed E-state index contributed by atoms with van der Waals surface area (Å²) in [5, 5.41) is 8.87. The largest absolute Gasteiger partial charge is 0.486 e. The number of benzene rings is 2. The SMILES string of the molecule is CC(C)c1ccc(CN2CC(Oc3ccc(-c4ccc(C(=O)CCCO)cc4)nc3)C2)cc1. The molecular weight excluding hydrogens is 412 g/mol. The highest BCUT2D eigenvalue weighted by Gasteiger charge is 2.28. The van der Waals surface area contributed by atoms with Crippen LogP contribution in [-0.2, 0) is 6.54 Å². The van der Waals surface area contributed by atoms with Crippen molar-refractivity contribution in [3.8, 4) is 17.0 Å². The van der Waals surface area contributed by atoms with E-state index in [0.717, 1.165) is 36.6 Å². The highest BCUT2D eigenvalue weighted by atomic mass is 16.5. The number of pyridine rings is 1. The van der Waals surface area contributed by atoms with Crippen molar-refractivity contribution in [3.63, 3.8) is 0 Å². The first-order chi connectivity index (χ1) is 16.0. The van der Waals surface area contributed by atoms with Gasteiger partial charge in [-0.15, -0.1) is 0 Å². The molecular formula is C28H32N2O3. The number of Topliss-reactive ketones (excluding diaryl/α,β-unsaturated/α-hetero) is 1. The molecule has 172 valence electrons. The van der Waals surface area contributed by atoms with Crippen LogP contribution in [0.4, 0.5) is 0 Å². The average molecular weight is 445 g/mol. The van der Waals surface area contributed by atoms with Crippen LogP contribution in [0.25, 0.3) is 11.3 Å². The fraction of sp³-hybridized carbons (Fsp3) is 0.357. The topological polar surface area (TPSA) is 62.7 Å². The van der Waals surface area contributed by atoms with Crippen LogP contribution in [-0.4, -0.2) is 46.6 Å². The lowest BCUT2D eigenvalue weighted by Crippen LogP contribution is -2.53. The van der Waals surface area contributed by atoms with E-state index in [1.807, 2.05) is 36.4 Å².